The Morgan fingerprint density at radius 1 is 1.31 bits per heavy atom. The number of nitrogens with zero attached hydrogens (tertiary/aromatic N) is 1. The second kappa shape index (κ2) is 8.67. The molecular formula is C23H28N2O3S. The van der Waals surface area contributed by atoms with E-state index in [-0.39, 0.29) is 17.9 Å². The predicted octanol–water partition coefficient (Wildman–Crippen LogP) is 3.49. The molecule has 3 heterocycles. The molecule has 2 saturated heterocycles. The summed E-state index contributed by atoms with van der Waals surface area (Å²) in [5.74, 6) is 0.0881. The fourth-order valence-electron chi connectivity index (χ4n) is 4.46. The lowest BCUT2D eigenvalue weighted by Crippen LogP contribution is -2.46. The Hall–Kier alpha value is -2.18. The van der Waals surface area contributed by atoms with Gasteiger partial charge in [-0.3, -0.25) is 9.59 Å². The molecule has 6 heteroatoms. The van der Waals surface area contributed by atoms with Gasteiger partial charge in [-0.05, 0) is 55.2 Å². The van der Waals surface area contributed by atoms with Gasteiger partial charge in [0.1, 0.15) is 6.10 Å². The highest BCUT2D eigenvalue weighted by atomic mass is 32.1. The van der Waals surface area contributed by atoms with Crippen LogP contribution in [0.15, 0.2) is 41.8 Å². The van der Waals surface area contributed by atoms with Gasteiger partial charge >= 0.3 is 0 Å². The van der Waals surface area contributed by atoms with Crippen molar-refractivity contribution in [3.8, 4) is 10.4 Å². The monoisotopic (exact) mass is 412 g/mol. The molecule has 1 aromatic heterocycles. The number of carbonyl (C=O) groups excluding carboxylic acids is 2. The van der Waals surface area contributed by atoms with E-state index in [0.29, 0.717) is 39.1 Å². The summed E-state index contributed by atoms with van der Waals surface area (Å²) in [6.45, 7) is 4.26. The summed E-state index contributed by atoms with van der Waals surface area (Å²) in [6, 6.07) is 12.6. The third-order valence-electron chi connectivity index (χ3n) is 5.96. The van der Waals surface area contributed by atoms with E-state index in [1.165, 1.54) is 10.4 Å². The largest absolute Gasteiger partial charge is 0.368 e. The molecule has 154 valence electrons. The van der Waals surface area contributed by atoms with Crippen molar-refractivity contribution in [2.24, 2.45) is 5.41 Å². The fourth-order valence-corrected chi connectivity index (χ4v) is 5.19. The lowest BCUT2D eigenvalue weighted by atomic mass is 9.79. The molecule has 4 rings (SSSR count). The number of carbonyl (C=O) groups is 2. The van der Waals surface area contributed by atoms with E-state index in [2.05, 4.69) is 47.1 Å². The average molecular weight is 413 g/mol. The van der Waals surface area contributed by atoms with Crippen LogP contribution in [0.1, 0.15) is 31.7 Å². The van der Waals surface area contributed by atoms with Crippen LogP contribution in [0.2, 0.25) is 0 Å². The van der Waals surface area contributed by atoms with Crippen molar-refractivity contribution in [2.75, 3.05) is 26.2 Å². The molecule has 1 aromatic carbocycles. The van der Waals surface area contributed by atoms with Gasteiger partial charge in [0, 0.05) is 31.1 Å². The highest BCUT2D eigenvalue weighted by Crippen LogP contribution is 2.37. The summed E-state index contributed by atoms with van der Waals surface area (Å²) < 4.78 is 5.59. The highest BCUT2D eigenvalue weighted by molar-refractivity contribution is 7.13. The van der Waals surface area contributed by atoms with E-state index < -0.39 is 5.41 Å². The van der Waals surface area contributed by atoms with Crippen molar-refractivity contribution >= 4 is 23.2 Å². The predicted molar refractivity (Wildman–Crippen MR) is 115 cm³/mol. The number of rotatable bonds is 6. The van der Waals surface area contributed by atoms with Crippen molar-refractivity contribution in [2.45, 2.75) is 38.7 Å². The van der Waals surface area contributed by atoms with Crippen LogP contribution in [0.3, 0.4) is 0 Å². The van der Waals surface area contributed by atoms with Crippen molar-refractivity contribution in [3.05, 3.63) is 47.3 Å². The molecule has 0 saturated carbocycles. The van der Waals surface area contributed by atoms with Gasteiger partial charge in [0.05, 0.1) is 5.41 Å². The first-order valence-electron chi connectivity index (χ1n) is 10.4. The smallest absolute Gasteiger partial charge is 0.251 e. The standard InChI is InChI=1S/C23H28N2O3S/c1-2-24-22(27)23(10-11-25(16-23)21(26)19-8-4-12-28-19)15-17-6-3-7-18(14-17)20-9-5-13-29-20/h3,5-7,9,13-14,19H,2,4,8,10-12,15-16H2,1H3,(H,24,27)/t19-,23-/m1/s1. The van der Waals surface area contributed by atoms with Crippen LogP contribution in [0.5, 0.6) is 0 Å². The van der Waals surface area contributed by atoms with Crippen LogP contribution >= 0.6 is 11.3 Å². The summed E-state index contributed by atoms with van der Waals surface area (Å²) in [4.78, 5) is 29.0. The quantitative estimate of drug-likeness (QED) is 0.790. The number of likely N-dealkylation sites (tertiary alicyclic amines) is 1. The van der Waals surface area contributed by atoms with Gasteiger partial charge in [0.2, 0.25) is 5.91 Å². The summed E-state index contributed by atoms with van der Waals surface area (Å²) >= 11 is 1.71. The maximum atomic E-state index is 13.1. The average Bonchev–Trinajstić information content (AvgIpc) is 3.49. The van der Waals surface area contributed by atoms with Gasteiger partial charge in [-0.2, -0.15) is 0 Å². The Balaban J connectivity index is 1.56. The zero-order chi connectivity index (χ0) is 20.3. The number of ether oxygens (including phenoxy) is 1. The van der Waals surface area contributed by atoms with Crippen LogP contribution in [-0.2, 0) is 20.7 Å². The minimum atomic E-state index is -0.585. The molecule has 2 aliphatic heterocycles. The molecule has 0 unspecified atom stereocenters. The Labute approximate surface area is 176 Å². The first-order chi connectivity index (χ1) is 14.1. The van der Waals surface area contributed by atoms with Gasteiger partial charge in [-0.25, -0.2) is 0 Å². The van der Waals surface area contributed by atoms with Crippen molar-refractivity contribution in [1.29, 1.82) is 0 Å². The Kier molecular flexibility index (Phi) is 6.01. The molecule has 2 aliphatic rings. The van der Waals surface area contributed by atoms with E-state index in [9.17, 15) is 9.59 Å². The molecule has 2 amide bonds. The van der Waals surface area contributed by atoms with Gasteiger partial charge in [0.15, 0.2) is 0 Å². The lowest BCUT2D eigenvalue weighted by molar-refractivity contribution is -0.141. The number of amides is 2. The number of nitrogens with one attached hydrogen (secondary N) is 1. The zero-order valence-corrected chi connectivity index (χ0v) is 17.7. The van der Waals surface area contributed by atoms with E-state index in [1.54, 1.807) is 11.3 Å². The second-order valence-electron chi connectivity index (χ2n) is 8.01. The van der Waals surface area contributed by atoms with E-state index in [4.69, 9.17) is 4.74 Å². The summed E-state index contributed by atoms with van der Waals surface area (Å²) in [7, 11) is 0. The molecule has 2 aromatic rings. The normalized spacial score (nSPS) is 24.0. The molecule has 0 spiro atoms. The SMILES string of the molecule is CCNC(=O)[C@@]1(Cc2cccc(-c3cccs3)c2)CCN(C(=O)[C@H]2CCCO2)C1. The molecular weight excluding hydrogens is 384 g/mol. The molecule has 2 fully saturated rings. The van der Waals surface area contributed by atoms with E-state index >= 15 is 0 Å². The van der Waals surface area contributed by atoms with Crippen LogP contribution in [0, 0.1) is 5.41 Å². The van der Waals surface area contributed by atoms with E-state index in [0.717, 1.165) is 18.4 Å². The third-order valence-corrected chi connectivity index (χ3v) is 6.88. The number of hydrogen-bond acceptors (Lipinski definition) is 4. The molecule has 0 bridgehead atoms. The second-order valence-corrected chi connectivity index (χ2v) is 8.95. The first-order valence-corrected chi connectivity index (χ1v) is 11.3. The summed E-state index contributed by atoms with van der Waals surface area (Å²) in [6.07, 6.45) is 2.70. The van der Waals surface area contributed by atoms with Crippen molar-refractivity contribution < 1.29 is 14.3 Å². The van der Waals surface area contributed by atoms with Crippen molar-refractivity contribution in [1.82, 2.24) is 10.2 Å². The molecule has 0 radical (unpaired) electrons. The minimum Gasteiger partial charge on any atom is -0.368 e. The Bertz CT molecular complexity index is 861. The van der Waals surface area contributed by atoms with Gasteiger partial charge < -0.3 is 15.0 Å². The number of benzene rings is 1. The maximum Gasteiger partial charge on any atom is 0.251 e. The zero-order valence-electron chi connectivity index (χ0n) is 16.9. The number of thiophene rings is 1. The molecule has 1 N–H and O–H groups in total. The molecule has 0 aliphatic carbocycles. The molecule has 2 atom stereocenters. The Morgan fingerprint density at radius 2 is 2.21 bits per heavy atom. The van der Waals surface area contributed by atoms with Gasteiger partial charge in [-0.1, -0.05) is 30.3 Å². The van der Waals surface area contributed by atoms with Crippen LogP contribution in [0.4, 0.5) is 0 Å². The van der Waals surface area contributed by atoms with Crippen LogP contribution in [-0.4, -0.2) is 49.1 Å². The number of hydrogen-bond donors (Lipinski definition) is 1. The summed E-state index contributed by atoms with van der Waals surface area (Å²) in [5.41, 5.74) is 1.72. The van der Waals surface area contributed by atoms with Crippen LogP contribution in [0.25, 0.3) is 10.4 Å². The molecule has 5 nitrogen and oxygen atoms in total. The maximum absolute atomic E-state index is 13.1. The van der Waals surface area contributed by atoms with Crippen LogP contribution < -0.4 is 5.32 Å². The fraction of sp³-hybridized carbons (Fsp3) is 0.478. The topological polar surface area (TPSA) is 58.6 Å². The first kappa shape index (κ1) is 20.1. The van der Waals surface area contributed by atoms with Crippen molar-refractivity contribution in [3.63, 3.8) is 0 Å². The lowest BCUT2D eigenvalue weighted by Gasteiger charge is -2.29. The minimum absolute atomic E-state index is 0.0426. The Morgan fingerprint density at radius 3 is 2.93 bits per heavy atom. The van der Waals surface area contributed by atoms with E-state index in [1.807, 2.05) is 11.8 Å². The third kappa shape index (κ3) is 4.23. The highest BCUT2D eigenvalue weighted by Gasteiger charge is 2.47. The summed E-state index contributed by atoms with van der Waals surface area (Å²) in [5, 5.41) is 5.09. The van der Waals surface area contributed by atoms with Gasteiger partial charge in [0.25, 0.3) is 5.91 Å². The molecule has 29 heavy (non-hydrogen) atoms. The van der Waals surface area contributed by atoms with Gasteiger partial charge in [-0.15, -0.1) is 11.3 Å².